The molecular weight excluding hydrogens is 364 g/mol. The van der Waals surface area contributed by atoms with E-state index in [4.69, 9.17) is 25.8 Å². The molecule has 0 spiro atoms. The van der Waals surface area contributed by atoms with E-state index < -0.39 is 0 Å². The summed E-state index contributed by atoms with van der Waals surface area (Å²) in [5.74, 6) is 2.16. The monoisotopic (exact) mass is 388 g/mol. The fourth-order valence-corrected chi connectivity index (χ4v) is 3.10. The molecule has 27 heavy (non-hydrogen) atoms. The molecule has 0 amide bonds. The number of hydrogen-bond donors (Lipinski definition) is 0. The largest absolute Gasteiger partial charge is 0.493 e. The van der Waals surface area contributed by atoms with Crippen molar-refractivity contribution < 1.29 is 19.0 Å². The number of carbonyl (C=O) groups is 1. The first-order chi connectivity index (χ1) is 13.0. The van der Waals surface area contributed by atoms with Gasteiger partial charge in [-0.2, -0.15) is 0 Å². The average Bonchev–Trinajstić information content (AvgIpc) is 3.49. The van der Waals surface area contributed by atoms with Crippen molar-refractivity contribution in [1.82, 2.24) is 0 Å². The van der Waals surface area contributed by atoms with Crippen LogP contribution in [-0.2, 0) is 11.4 Å². The van der Waals surface area contributed by atoms with Gasteiger partial charge in [0.1, 0.15) is 23.9 Å². The molecule has 0 N–H and O–H groups in total. The molecular formula is C22H25ClO4. The second kappa shape index (κ2) is 8.66. The molecule has 0 bridgehead atoms. The fraction of sp³-hybridized carbons (Fsp3) is 0.409. The molecule has 144 valence electrons. The van der Waals surface area contributed by atoms with Crippen LogP contribution in [0, 0.1) is 6.92 Å². The van der Waals surface area contributed by atoms with E-state index in [2.05, 4.69) is 6.07 Å². The molecule has 4 nitrogen and oxygen atoms in total. The van der Waals surface area contributed by atoms with Crippen LogP contribution in [-0.4, -0.2) is 12.6 Å². The predicted octanol–water partition coefficient (Wildman–Crippen LogP) is 5.82. The van der Waals surface area contributed by atoms with Gasteiger partial charge >= 0.3 is 5.97 Å². The maximum absolute atomic E-state index is 11.8. The second-order valence-corrected chi connectivity index (χ2v) is 7.10. The Labute approximate surface area is 165 Å². The van der Waals surface area contributed by atoms with Gasteiger partial charge in [0, 0.05) is 11.4 Å². The zero-order valence-electron chi connectivity index (χ0n) is 16.0. The van der Waals surface area contributed by atoms with Gasteiger partial charge in [0.05, 0.1) is 12.2 Å². The summed E-state index contributed by atoms with van der Waals surface area (Å²) in [5.41, 5.74) is 2.97. The summed E-state index contributed by atoms with van der Waals surface area (Å²) in [6.07, 6.45) is 2.65. The van der Waals surface area contributed by atoms with Gasteiger partial charge in [0.2, 0.25) is 0 Å². The zero-order chi connectivity index (χ0) is 19.4. The second-order valence-electron chi connectivity index (χ2n) is 6.70. The Kier molecular flexibility index (Phi) is 6.27. The number of esters is 1. The Bertz CT molecular complexity index is 827. The molecule has 3 rings (SSSR count). The molecule has 0 aromatic heterocycles. The van der Waals surface area contributed by atoms with Crippen molar-refractivity contribution in [2.45, 2.75) is 52.6 Å². The lowest BCUT2D eigenvalue weighted by Gasteiger charge is -2.17. The van der Waals surface area contributed by atoms with Crippen LogP contribution < -0.4 is 14.2 Å². The number of benzene rings is 2. The third kappa shape index (κ3) is 4.75. The van der Waals surface area contributed by atoms with E-state index in [-0.39, 0.29) is 12.6 Å². The van der Waals surface area contributed by atoms with Crippen LogP contribution in [0.25, 0.3) is 0 Å². The number of carbonyl (C=O) groups excluding carboxylic acids is 1. The number of aryl methyl sites for hydroxylation is 1. The Hall–Kier alpha value is -2.20. The SMILES string of the molecule is CCOc1cccc(OC(=O)CC)c1COc1cc(Cl)c(C)cc1C1CC1. The van der Waals surface area contributed by atoms with Gasteiger partial charge in [0.25, 0.3) is 0 Å². The lowest BCUT2D eigenvalue weighted by molar-refractivity contribution is -0.134. The number of hydrogen-bond acceptors (Lipinski definition) is 4. The molecule has 0 aliphatic heterocycles. The van der Waals surface area contributed by atoms with Crippen molar-refractivity contribution in [3.8, 4) is 17.2 Å². The maximum Gasteiger partial charge on any atom is 0.310 e. The molecule has 1 saturated carbocycles. The molecule has 2 aromatic rings. The van der Waals surface area contributed by atoms with Crippen LogP contribution in [0.2, 0.25) is 5.02 Å². The first-order valence-electron chi connectivity index (χ1n) is 9.41. The van der Waals surface area contributed by atoms with Gasteiger partial charge < -0.3 is 14.2 Å². The maximum atomic E-state index is 11.8. The molecule has 1 aliphatic carbocycles. The summed E-state index contributed by atoms with van der Waals surface area (Å²) in [6, 6.07) is 9.42. The Morgan fingerprint density at radius 1 is 1.11 bits per heavy atom. The van der Waals surface area contributed by atoms with Crippen LogP contribution in [0.1, 0.15) is 55.7 Å². The minimum Gasteiger partial charge on any atom is -0.493 e. The van der Waals surface area contributed by atoms with Crippen molar-refractivity contribution in [3.05, 3.63) is 52.0 Å². The van der Waals surface area contributed by atoms with Crippen LogP contribution in [0.4, 0.5) is 0 Å². The highest BCUT2D eigenvalue weighted by atomic mass is 35.5. The van der Waals surface area contributed by atoms with Crippen LogP contribution in [0.15, 0.2) is 30.3 Å². The number of ether oxygens (including phenoxy) is 3. The molecule has 0 heterocycles. The molecule has 5 heteroatoms. The molecule has 0 unspecified atom stereocenters. The number of halogens is 1. The minimum absolute atomic E-state index is 0.238. The van der Waals surface area contributed by atoms with E-state index in [0.717, 1.165) is 16.9 Å². The lowest BCUT2D eigenvalue weighted by atomic mass is 10.1. The summed E-state index contributed by atoms with van der Waals surface area (Å²) < 4.78 is 17.3. The van der Waals surface area contributed by atoms with E-state index in [9.17, 15) is 4.79 Å². The topological polar surface area (TPSA) is 44.8 Å². The predicted molar refractivity (Wildman–Crippen MR) is 106 cm³/mol. The average molecular weight is 389 g/mol. The standard InChI is InChI=1S/C22H25ClO4/c1-4-22(24)27-20-8-6-7-19(25-5-2)17(20)13-26-21-12-18(23)14(3)11-16(21)15-9-10-15/h6-8,11-12,15H,4-5,9-10,13H2,1-3H3. The molecule has 2 aromatic carbocycles. The van der Waals surface area contributed by atoms with Gasteiger partial charge in [-0.3, -0.25) is 4.79 Å². The first kappa shape index (κ1) is 19.6. The molecule has 0 atom stereocenters. The van der Waals surface area contributed by atoms with E-state index in [1.807, 2.05) is 32.0 Å². The van der Waals surface area contributed by atoms with Crippen molar-refractivity contribution >= 4 is 17.6 Å². The highest BCUT2D eigenvalue weighted by molar-refractivity contribution is 6.31. The Morgan fingerprint density at radius 2 is 1.85 bits per heavy atom. The van der Waals surface area contributed by atoms with Crippen LogP contribution >= 0.6 is 11.6 Å². The fourth-order valence-electron chi connectivity index (χ4n) is 2.94. The zero-order valence-corrected chi connectivity index (χ0v) is 16.8. The highest BCUT2D eigenvalue weighted by Gasteiger charge is 2.28. The minimum atomic E-state index is -0.290. The van der Waals surface area contributed by atoms with Crippen molar-refractivity contribution in [3.63, 3.8) is 0 Å². The van der Waals surface area contributed by atoms with Crippen molar-refractivity contribution in [2.24, 2.45) is 0 Å². The summed E-state index contributed by atoms with van der Waals surface area (Å²) in [6.45, 7) is 6.44. The van der Waals surface area contributed by atoms with Crippen LogP contribution in [0.3, 0.4) is 0 Å². The van der Waals surface area contributed by atoms with E-state index in [0.29, 0.717) is 35.5 Å². The number of rotatable bonds is 8. The smallest absolute Gasteiger partial charge is 0.310 e. The first-order valence-corrected chi connectivity index (χ1v) is 9.79. The van der Waals surface area contributed by atoms with E-state index in [1.54, 1.807) is 13.0 Å². The van der Waals surface area contributed by atoms with Crippen molar-refractivity contribution in [1.29, 1.82) is 0 Å². The molecule has 0 saturated heterocycles. The van der Waals surface area contributed by atoms with Gasteiger partial charge in [-0.1, -0.05) is 30.7 Å². The highest BCUT2D eigenvalue weighted by Crippen LogP contribution is 2.46. The molecule has 0 radical (unpaired) electrons. The molecule has 1 aliphatic rings. The Morgan fingerprint density at radius 3 is 2.52 bits per heavy atom. The third-order valence-electron chi connectivity index (χ3n) is 4.58. The quantitative estimate of drug-likeness (QED) is 0.422. The summed E-state index contributed by atoms with van der Waals surface area (Å²) in [5, 5.41) is 0.685. The summed E-state index contributed by atoms with van der Waals surface area (Å²) >= 11 is 6.32. The van der Waals surface area contributed by atoms with Gasteiger partial charge in [0.15, 0.2) is 0 Å². The lowest BCUT2D eigenvalue weighted by Crippen LogP contribution is -2.10. The van der Waals surface area contributed by atoms with E-state index in [1.165, 1.54) is 18.4 Å². The van der Waals surface area contributed by atoms with E-state index >= 15 is 0 Å². The summed E-state index contributed by atoms with van der Waals surface area (Å²) in [7, 11) is 0. The summed E-state index contributed by atoms with van der Waals surface area (Å²) in [4.78, 5) is 11.8. The van der Waals surface area contributed by atoms with Crippen LogP contribution in [0.5, 0.6) is 17.2 Å². The van der Waals surface area contributed by atoms with Gasteiger partial charge in [-0.15, -0.1) is 0 Å². The van der Waals surface area contributed by atoms with Crippen molar-refractivity contribution in [2.75, 3.05) is 6.61 Å². The third-order valence-corrected chi connectivity index (χ3v) is 4.99. The normalized spacial score (nSPS) is 13.3. The molecule has 1 fully saturated rings. The van der Waals surface area contributed by atoms with Gasteiger partial charge in [-0.05, 0) is 61.9 Å². The Balaban J connectivity index is 1.89. The van der Waals surface area contributed by atoms with Gasteiger partial charge in [-0.25, -0.2) is 0 Å².